The number of nitro benzene ring substituents is 2. The van der Waals surface area contributed by atoms with Gasteiger partial charge in [-0.25, -0.2) is 0 Å². The Labute approximate surface area is 152 Å². The van der Waals surface area contributed by atoms with Crippen LogP contribution in [-0.2, 0) is 0 Å². The van der Waals surface area contributed by atoms with E-state index in [0.29, 0.717) is 16.7 Å². The van der Waals surface area contributed by atoms with Crippen LogP contribution in [0.1, 0.15) is 12.5 Å². The summed E-state index contributed by atoms with van der Waals surface area (Å²) in [4.78, 5) is 20.5. The Balaban J connectivity index is 1.95. The molecule has 0 aromatic heterocycles. The Kier molecular flexibility index (Phi) is 4.67. The minimum atomic E-state index is -0.728. The van der Waals surface area contributed by atoms with E-state index in [1.165, 1.54) is 6.07 Å². The minimum absolute atomic E-state index is 0.00484. The highest BCUT2D eigenvalue weighted by molar-refractivity contribution is 6.06. The third-order valence-electron chi connectivity index (χ3n) is 4.02. The predicted molar refractivity (Wildman–Crippen MR) is 101 cm³/mol. The maximum atomic E-state index is 11.2. The molecule has 27 heavy (non-hydrogen) atoms. The van der Waals surface area contributed by atoms with Gasteiger partial charge in [-0.3, -0.25) is 25.7 Å². The number of nitro groups is 2. The summed E-state index contributed by atoms with van der Waals surface area (Å²) in [5, 5.41) is 38.0. The summed E-state index contributed by atoms with van der Waals surface area (Å²) in [6, 6.07) is 14.1. The van der Waals surface area contributed by atoms with Gasteiger partial charge in [-0.1, -0.05) is 30.3 Å². The van der Waals surface area contributed by atoms with E-state index in [4.69, 9.17) is 0 Å². The number of phenolic OH excluding ortho intramolecular Hbond substituents is 1. The number of fused-ring (bicyclic) bond motifs is 1. The average molecular weight is 366 g/mol. The zero-order valence-electron chi connectivity index (χ0n) is 14.1. The van der Waals surface area contributed by atoms with E-state index in [1.54, 1.807) is 25.1 Å². The van der Waals surface area contributed by atoms with Crippen molar-refractivity contribution >= 4 is 33.5 Å². The maximum Gasteiger partial charge on any atom is 0.301 e. The summed E-state index contributed by atoms with van der Waals surface area (Å²) in [6.45, 7) is 1.63. The molecule has 136 valence electrons. The zero-order chi connectivity index (χ0) is 19.6. The van der Waals surface area contributed by atoms with Gasteiger partial charge in [0.15, 0.2) is 0 Å². The third kappa shape index (κ3) is 3.52. The fraction of sp³-hybridized carbons (Fsp3) is 0.0556. The molecule has 0 unspecified atom stereocenters. The van der Waals surface area contributed by atoms with Gasteiger partial charge in [0, 0.05) is 17.0 Å². The van der Waals surface area contributed by atoms with Crippen LogP contribution in [0.15, 0.2) is 59.7 Å². The molecule has 3 rings (SSSR count). The summed E-state index contributed by atoms with van der Waals surface area (Å²) >= 11 is 0. The highest BCUT2D eigenvalue weighted by Crippen LogP contribution is 2.31. The number of phenols is 1. The molecule has 0 aliphatic heterocycles. The van der Waals surface area contributed by atoms with E-state index in [2.05, 4.69) is 10.5 Å². The molecule has 0 fully saturated rings. The molecule has 0 spiro atoms. The van der Waals surface area contributed by atoms with E-state index >= 15 is 0 Å². The van der Waals surface area contributed by atoms with Gasteiger partial charge in [-0.2, -0.15) is 5.10 Å². The number of aromatic hydroxyl groups is 1. The summed E-state index contributed by atoms with van der Waals surface area (Å²) < 4.78 is 0. The van der Waals surface area contributed by atoms with Crippen molar-refractivity contribution in [1.82, 2.24) is 0 Å². The number of nitrogens with zero attached hydrogens (tertiary/aromatic N) is 3. The SMILES string of the molecule is C/C(=N/Nc1ccc([N+](=O)[O-])cc1[N+](=O)[O-])c1ccc2ccccc2c1O. The van der Waals surface area contributed by atoms with E-state index in [1.807, 2.05) is 18.2 Å². The van der Waals surface area contributed by atoms with Crippen molar-refractivity contribution in [2.24, 2.45) is 5.10 Å². The molecule has 3 aromatic rings. The van der Waals surface area contributed by atoms with Crippen LogP contribution in [0, 0.1) is 20.2 Å². The summed E-state index contributed by atoms with van der Waals surface area (Å²) in [6.07, 6.45) is 0. The van der Waals surface area contributed by atoms with E-state index in [0.717, 1.165) is 17.5 Å². The van der Waals surface area contributed by atoms with Crippen molar-refractivity contribution in [2.75, 3.05) is 5.43 Å². The molecule has 3 aromatic carbocycles. The van der Waals surface area contributed by atoms with Crippen LogP contribution in [0.3, 0.4) is 0 Å². The van der Waals surface area contributed by atoms with Gasteiger partial charge in [-0.05, 0) is 24.4 Å². The molecular formula is C18H14N4O5. The number of hydrogen-bond acceptors (Lipinski definition) is 7. The lowest BCUT2D eigenvalue weighted by Gasteiger charge is -2.08. The second-order valence-corrected chi connectivity index (χ2v) is 5.71. The maximum absolute atomic E-state index is 11.2. The Morgan fingerprint density at radius 3 is 2.48 bits per heavy atom. The number of anilines is 1. The van der Waals surface area contributed by atoms with Gasteiger partial charge < -0.3 is 5.11 Å². The molecule has 9 heteroatoms. The molecule has 0 aliphatic carbocycles. The third-order valence-corrected chi connectivity index (χ3v) is 4.02. The van der Waals surface area contributed by atoms with Crippen LogP contribution in [0.5, 0.6) is 5.75 Å². The molecule has 0 amide bonds. The van der Waals surface area contributed by atoms with E-state index in [9.17, 15) is 25.3 Å². The first-order valence-electron chi connectivity index (χ1n) is 7.82. The van der Waals surface area contributed by atoms with Crippen LogP contribution >= 0.6 is 0 Å². The van der Waals surface area contributed by atoms with Crippen molar-refractivity contribution in [2.45, 2.75) is 6.92 Å². The Bertz CT molecular complexity index is 1090. The molecule has 0 atom stereocenters. The Hall–Kier alpha value is -4.01. The highest BCUT2D eigenvalue weighted by atomic mass is 16.6. The molecule has 0 bridgehead atoms. The smallest absolute Gasteiger partial charge is 0.301 e. The van der Waals surface area contributed by atoms with E-state index < -0.39 is 15.5 Å². The lowest BCUT2D eigenvalue weighted by molar-refractivity contribution is -0.393. The van der Waals surface area contributed by atoms with E-state index in [-0.39, 0.29) is 17.1 Å². The molecule has 0 saturated heterocycles. The molecule has 2 N–H and O–H groups in total. The lowest BCUT2D eigenvalue weighted by Crippen LogP contribution is -2.03. The zero-order valence-corrected chi connectivity index (χ0v) is 14.1. The lowest BCUT2D eigenvalue weighted by atomic mass is 10.0. The predicted octanol–water partition coefficient (Wildman–Crippen LogP) is 4.20. The van der Waals surface area contributed by atoms with Crippen molar-refractivity contribution < 1.29 is 15.0 Å². The first-order chi connectivity index (χ1) is 12.9. The van der Waals surface area contributed by atoms with Gasteiger partial charge in [0.1, 0.15) is 11.4 Å². The molecular weight excluding hydrogens is 352 g/mol. The summed E-state index contributed by atoms with van der Waals surface area (Å²) in [7, 11) is 0. The fourth-order valence-electron chi connectivity index (χ4n) is 2.63. The number of non-ortho nitro benzene ring substituents is 1. The van der Waals surface area contributed by atoms with Crippen LogP contribution in [0.25, 0.3) is 10.8 Å². The molecule has 0 saturated carbocycles. The number of hydrazone groups is 1. The summed E-state index contributed by atoms with van der Waals surface area (Å²) in [5.74, 6) is 0.0503. The highest BCUT2D eigenvalue weighted by Gasteiger charge is 2.19. The molecule has 0 radical (unpaired) electrons. The number of nitrogens with one attached hydrogen (secondary N) is 1. The molecule has 9 nitrogen and oxygen atoms in total. The van der Waals surface area contributed by atoms with Crippen LogP contribution in [-0.4, -0.2) is 20.7 Å². The minimum Gasteiger partial charge on any atom is -0.507 e. The molecule has 0 heterocycles. The fourth-order valence-corrected chi connectivity index (χ4v) is 2.63. The van der Waals surface area contributed by atoms with Crippen LogP contribution < -0.4 is 5.43 Å². The summed E-state index contributed by atoms with van der Waals surface area (Å²) in [5.41, 5.74) is 2.55. The van der Waals surface area contributed by atoms with Crippen LogP contribution in [0.4, 0.5) is 17.1 Å². The van der Waals surface area contributed by atoms with Gasteiger partial charge >= 0.3 is 5.69 Å². The van der Waals surface area contributed by atoms with Gasteiger partial charge in [0.05, 0.1) is 21.6 Å². The number of benzene rings is 3. The average Bonchev–Trinajstić information content (AvgIpc) is 2.66. The van der Waals surface area contributed by atoms with Crippen molar-refractivity contribution in [1.29, 1.82) is 0 Å². The monoisotopic (exact) mass is 366 g/mol. The number of hydrogen-bond donors (Lipinski definition) is 2. The first kappa shape index (κ1) is 17.8. The quantitative estimate of drug-likeness (QED) is 0.395. The second-order valence-electron chi connectivity index (χ2n) is 5.71. The number of rotatable bonds is 5. The second kappa shape index (κ2) is 7.08. The molecule has 0 aliphatic rings. The largest absolute Gasteiger partial charge is 0.507 e. The Morgan fingerprint density at radius 2 is 1.78 bits per heavy atom. The van der Waals surface area contributed by atoms with Gasteiger partial charge in [0.2, 0.25) is 0 Å². The van der Waals surface area contributed by atoms with Crippen LogP contribution in [0.2, 0.25) is 0 Å². The van der Waals surface area contributed by atoms with Crippen molar-refractivity contribution in [3.8, 4) is 5.75 Å². The van der Waals surface area contributed by atoms with Crippen molar-refractivity contribution in [3.05, 3.63) is 80.4 Å². The van der Waals surface area contributed by atoms with Crippen molar-refractivity contribution in [3.63, 3.8) is 0 Å². The first-order valence-corrected chi connectivity index (χ1v) is 7.82. The standard InChI is InChI=1S/C18H14N4O5/c1-11(14-8-6-12-4-2-3-5-15(12)18(14)23)19-20-16-9-7-13(21(24)25)10-17(16)22(26)27/h2-10,20,23H,1H3/b19-11-. The van der Waals surface area contributed by atoms with Gasteiger partial charge in [0.25, 0.3) is 5.69 Å². The Morgan fingerprint density at radius 1 is 1.04 bits per heavy atom. The topological polar surface area (TPSA) is 131 Å². The normalized spacial score (nSPS) is 11.4. The van der Waals surface area contributed by atoms with Gasteiger partial charge in [-0.15, -0.1) is 0 Å².